The van der Waals surface area contributed by atoms with Crippen molar-refractivity contribution in [3.63, 3.8) is 0 Å². The van der Waals surface area contributed by atoms with Gasteiger partial charge in [0.15, 0.2) is 15.0 Å². The van der Waals surface area contributed by atoms with Gasteiger partial charge in [-0.2, -0.15) is 5.26 Å². The number of carbonyl (C=O) groups excluding carboxylic acids is 1. The first-order valence-electron chi connectivity index (χ1n) is 11.1. The van der Waals surface area contributed by atoms with Crippen LogP contribution < -0.4 is 5.32 Å². The zero-order valence-corrected chi connectivity index (χ0v) is 21.2. The van der Waals surface area contributed by atoms with Gasteiger partial charge in [0.1, 0.15) is 5.82 Å². The van der Waals surface area contributed by atoms with E-state index in [9.17, 15) is 17.6 Å². The molecule has 2 heterocycles. The van der Waals surface area contributed by atoms with Crippen LogP contribution in [-0.4, -0.2) is 30.5 Å². The van der Waals surface area contributed by atoms with Crippen LogP contribution in [0.2, 0.25) is 0 Å². The number of fused-ring (bicyclic) bond motifs is 1. The van der Waals surface area contributed by atoms with E-state index in [1.54, 1.807) is 0 Å². The normalized spacial score (nSPS) is 15.7. The number of thiazole rings is 1. The van der Waals surface area contributed by atoms with E-state index in [1.807, 2.05) is 24.3 Å². The van der Waals surface area contributed by atoms with Crippen LogP contribution in [0.1, 0.15) is 47.2 Å². The highest BCUT2D eigenvalue weighted by Crippen LogP contribution is 2.43. The Kier molecular flexibility index (Phi) is 7.03. The fourth-order valence-electron chi connectivity index (χ4n) is 4.27. The lowest BCUT2D eigenvalue weighted by Crippen LogP contribution is -2.26. The van der Waals surface area contributed by atoms with E-state index >= 15 is 0 Å². The first kappa shape index (κ1) is 25.0. The summed E-state index contributed by atoms with van der Waals surface area (Å²) in [6, 6.07) is 13.3. The maximum absolute atomic E-state index is 14.3. The highest BCUT2D eigenvalue weighted by Gasteiger charge is 2.36. The van der Waals surface area contributed by atoms with Gasteiger partial charge in [-0.1, -0.05) is 32.0 Å². The molecule has 1 amide bonds. The van der Waals surface area contributed by atoms with Crippen molar-refractivity contribution < 1.29 is 17.6 Å². The van der Waals surface area contributed by atoms with Crippen LogP contribution >= 0.6 is 11.3 Å². The van der Waals surface area contributed by atoms with E-state index in [-0.39, 0.29) is 22.9 Å². The molecule has 0 spiro atoms. The number of carbonyl (C=O) groups is 1. The van der Waals surface area contributed by atoms with Crippen molar-refractivity contribution in [2.45, 2.75) is 44.3 Å². The zero-order chi connectivity index (χ0) is 25.3. The lowest BCUT2D eigenvalue weighted by Gasteiger charge is -2.27. The average molecular weight is 513 g/mol. The third kappa shape index (κ3) is 5.59. The Balaban J connectivity index is 1.44. The lowest BCUT2D eigenvalue weighted by atomic mass is 10.0. The lowest BCUT2D eigenvalue weighted by molar-refractivity contribution is -0.115. The van der Waals surface area contributed by atoms with Crippen molar-refractivity contribution in [2.24, 2.45) is 5.92 Å². The van der Waals surface area contributed by atoms with Crippen molar-refractivity contribution in [3.05, 3.63) is 75.5 Å². The van der Waals surface area contributed by atoms with Gasteiger partial charge in [0.25, 0.3) is 0 Å². The molecule has 182 valence electrons. The number of hydrogen-bond acceptors (Lipinski definition) is 7. The molecule has 1 N–H and O–H groups in total. The minimum Gasteiger partial charge on any atom is -0.302 e. The van der Waals surface area contributed by atoms with Gasteiger partial charge in [0.05, 0.1) is 34.7 Å². The second-order valence-corrected chi connectivity index (χ2v) is 12.1. The summed E-state index contributed by atoms with van der Waals surface area (Å²) >= 11 is 1.41. The second-order valence-electron chi connectivity index (χ2n) is 8.98. The van der Waals surface area contributed by atoms with Crippen molar-refractivity contribution in [3.8, 4) is 6.07 Å². The predicted octanol–water partition coefficient (Wildman–Crippen LogP) is 4.45. The number of halogens is 1. The number of nitriles is 1. The van der Waals surface area contributed by atoms with Gasteiger partial charge < -0.3 is 5.32 Å². The van der Waals surface area contributed by atoms with E-state index in [0.29, 0.717) is 23.2 Å². The van der Waals surface area contributed by atoms with Crippen LogP contribution in [-0.2, 0) is 34.1 Å². The first-order chi connectivity index (χ1) is 16.5. The van der Waals surface area contributed by atoms with Gasteiger partial charge in [-0.25, -0.2) is 17.8 Å². The summed E-state index contributed by atoms with van der Waals surface area (Å²) in [5, 5.41) is 12.2. The monoisotopic (exact) mass is 512 g/mol. The van der Waals surface area contributed by atoms with Crippen molar-refractivity contribution in [2.75, 3.05) is 11.6 Å². The highest BCUT2D eigenvalue weighted by molar-refractivity contribution is 7.90. The van der Waals surface area contributed by atoms with Crippen LogP contribution in [0, 0.1) is 23.1 Å². The Morgan fingerprint density at radius 1 is 1.29 bits per heavy atom. The second kappa shape index (κ2) is 9.85. The minimum absolute atomic E-state index is 0.0866. The fraction of sp³-hybridized carbons (Fsp3) is 0.320. The minimum atomic E-state index is -3.52. The maximum atomic E-state index is 14.3. The largest absolute Gasteiger partial charge is 0.302 e. The molecule has 0 fully saturated rings. The van der Waals surface area contributed by atoms with Gasteiger partial charge in [-0.3, -0.25) is 9.69 Å². The molecule has 10 heteroatoms. The average Bonchev–Trinajstić information content (AvgIpc) is 3.31. The molecule has 0 bridgehead atoms. The molecular formula is C25H25FN4O3S2. The van der Waals surface area contributed by atoms with Crippen LogP contribution in [0.25, 0.3) is 0 Å². The molecular weight excluding hydrogens is 487 g/mol. The summed E-state index contributed by atoms with van der Waals surface area (Å²) < 4.78 is 37.5. The summed E-state index contributed by atoms with van der Waals surface area (Å²) in [6.45, 7) is 5.69. The summed E-state index contributed by atoms with van der Waals surface area (Å²) in [5.74, 6) is -0.857. The summed E-state index contributed by atoms with van der Waals surface area (Å²) in [6.07, 6.45) is 0.782. The number of benzene rings is 2. The molecule has 1 aliphatic rings. The van der Waals surface area contributed by atoms with Gasteiger partial charge >= 0.3 is 0 Å². The number of hydrogen-bond donors (Lipinski definition) is 1. The number of nitrogens with zero attached hydrogens (tertiary/aromatic N) is 3. The zero-order valence-electron chi connectivity index (χ0n) is 19.6. The smallest absolute Gasteiger partial charge is 0.230 e. The third-order valence-electron chi connectivity index (χ3n) is 5.90. The van der Waals surface area contributed by atoms with Crippen molar-refractivity contribution in [1.29, 1.82) is 5.26 Å². The van der Waals surface area contributed by atoms with E-state index in [0.717, 1.165) is 35.0 Å². The Labute approximate surface area is 208 Å². The predicted molar refractivity (Wildman–Crippen MR) is 132 cm³/mol. The molecule has 3 aromatic rings. The molecule has 1 unspecified atom stereocenters. The number of amides is 1. The Bertz CT molecular complexity index is 1410. The quantitative estimate of drug-likeness (QED) is 0.502. The molecule has 35 heavy (non-hydrogen) atoms. The molecule has 1 aromatic heterocycles. The van der Waals surface area contributed by atoms with E-state index in [4.69, 9.17) is 10.2 Å². The van der Waals surface area contributed by atoms with Crippen LogP contribution in [0.4, 0.5) is 9.52 Å². The van der Waals surface area contributed by atoms with Crippen LogP contribution in [0.15, 0.2) is 47.4 Å². The van der Waals surface area contributed by atoms with Gasteiger partial charge in [-0.05, 0) is 41.3 Å². The standard InChI is InChI=1S/C25H25FN4O3S2/c1-15(2)24-23-21(14-30(24)13-17-6-4-16(12-27)5-7-17)34-25(29-23)28-22(31)10-18-8-9-19(11-20(18)26)35(3,32)33/h4-9,11,15,24H,10,13-14H2,1-3H3,(H,28,29,31). The van der Waals surface area contributed by atoms with Gasteiger partial charge in [0, 0.05) is 24.2 Å². The number of nitrogens with one attached hydrogen (secondary N) is 1. The topological polar surface area (TPSA) is 103 Å². The number of aromatic nitrogens is 1. The van der Waals surface area contributed by atoms with Crippen molar-refractivity contribution >= 4 is 32.2 Å². The van der Waals surface area contributed by atoms with E-state index in [1.165, 1.54) is 23.5 Å². The number of rotatable bonds is 7. The molecule has 0 saturated heterocycles. The SMILES string of the molecule is CC(C)C1c2nc(NC(=O)Cc3ccc(S(C)(=O)=O)cc3F)sc2CN1Cc1ccc(C#N)cc1. The molecule has 7 nitrogen and oxygen atoms in total. The Morgan fingerprint density at radius 3 is 2.60 bits per heavy atom. The van der Waals surface area contributed by atoms with Crippen LogP contribution in [0.3, 0.4) is 0 Å². The molecule has 4 rings (SSSR count). The Hall–Kier alpha value is -3.13. The molecule has 2 aromatic carbocycles. The highest BCUT2D eigenvalue weighted by atomic mass is 32.2. The number of sulfone groups is 1. The Morgan fingerprint density at radius 2 is 2.00 bits per heavy atom. The summed E-state index contributed by atoms with van der Waals surface area (Å²) in [4.78, 5) is 20.5. The van der Waals surface area contributed by atoms with E-state index in [2.05, 4.69) is 30.1 Å². The molecule has 0 saturated carbocycles. The van der Waals surface area contributed by atoms with E-state index < -0.39 is 21.6 Å². The first-order valence-corrected chi connectivity index (χ1v) is 13.8. The molecule has 1 aliphatic heterocycles. The third-order valence-corrected chi connectivity index (χ3v) is 7.98. The fourth-order valence-corrected chi connectivity index (χ4v) is 5.94. The molecule has 1 atom stereocenters. The summed E-state index contributed by atoms with van der Waals surface area (Å²) in [7, 11) is -3.52. The van der Waals surface area contributed by atoms with Crippen LogP contribution in [0.5, 0.6) is 0 Å². The maximum Gasteiger partial charge on any atom is 0.230 e. The molecule has 0 aliphatic carbocycles. The van der Waals surface area contributed by atoms with Gasteiger partial charge in [0.2, 0.25) is 5.91 Å². The summed E-state index contributed by atoms with van der Waals surface area (Å²) in [5.41, 5.74) is 2.80. The molecule has 0 radical (unpaired) electrons. The number of anilines is 1. The van der Waals surface area contributed by atoms with Gasteiger partial charge in [-0.15, -0.1) is 11.3 Å². The van der Waals surface area contributed by atoms with Crippen molar-refractivity contribution in [1.82, 2.24) is 9.88 Å².